The fourth-order valence-electron chi connectivity index (χ4n) is 2.03. The molecule has 0 bridgehead atoms. The first-order valence-corrected chi connectivity index (χ1v) is 9.40. The van der Waals surface area contributed by atoms with E-state index in [1.54, 1.807) is 13.8 Å². The molecule has 6 nitrogen and oxygen atoms in total. The molecular formula is C18H32F6O6. The zero-order valence-electron chi connectivity index (χ0n) is 17.3. The highest BCUT2D eigenvalue weighted by molar-refractivity contribution is 4.73. The van der Waals surface area contributed by atoms with Gasteiger partial charge in [0.2, 0.25) is 0 Å². The van der Waals surface area contributed by atoms with Crippen LogP contribution in [0.1, 0.15) is 26.7 Å². The molecule has 12 heteroatoms. The lowest BCUT2D eigenvalue weighted by atomic mass is 9.94. The van der Waals surface area contributed by atoms with Gasteiger partial charge in [-0.2, -0.15) is 26.3 Å². The maximum Gasteiger partial charge on any atom is 0.391 e. The van der Waals surface area contributed by atoms with E-state index in [4.69, 9.17) is 18.9 Å². The topological polar surface area (TPSA) is 77.4 Å². The van der Waals surface area contributed by atoms with Crippen molar-refractivity contribution in [3.8, 4) is 0 Å². The highest BCUT2D eigenvalue weighted by Gasteiger charge is 2.30. The van der Waals surface area contributed by atoms with Crippen molar-refractivity contribution in [1.82, 2.24) is 0 Å². The monoisotopic (exact) mass is 458 g/mol. The van der Waals surface area contributed by atoms with Gasteiger partial charge in [-0.1, -0.05) is 13.8 Å². The zero-order valence-corrected chi connectivity index (χ0v) is 17.3. The number of halogens is 6. The van der Waals surface area contributed by atoms with Gasteiger partial charge in [-0.05, 0) is 0 Å². The Balaban J connectivity index is 4.01. The van der Waals surface area contributed by atoms with E-state index in [0.717, 1.165) is 0 Å². The summed E-state index contributed by atoms with van der Waals surface area (Å²) < 4.78 is 93.2. The summed E-state index contributed by atoms with van der Waals surface area (Å²) in [5, 5.41) is 18.8. The molecule has 0 spiro atoms. The molecule has 0 amide bonds. The highest BCUT2D eigenvalue weighted by Crippen LogP contribution is 2.22. The van der Waals surface area contributed by atoms with E-state index in [0.29, 0.717) is 0 Å². The van der Waals surface area contributed by atoms with Gasteiger partial charge in [-0.25, -0.2) is 0 Å². The second-order valence-corrected chi connectivity index (χ2v) is 7.88. The van der Waals surface area contributed by atoms with Crippen LogP contribution in [0.3, 0.4) is 0 Å². The molecule has 0 saturated heterocycles. The standard InChI is InChI=1S/C18H32F6O6/c1-15(9-25,11-27-5-3-17(19,20)21)13-29-7-8-30-14-16(2,10-26)12-28-6-4-18(22,23)24/h25-26H,3-14H2,1-2H3. The van der Waals surface area contributed by atoms with Crippen LogP contribution in [0, 0.1) is 10.8 Å². The molecule has 2 unspecified atom stereocenters. The third-order valence-corrected chi connectivity index (χ3v) is 4.00. The minimum atomic E-state index is -4.31. The lowest BCUT2D eigenvalue weighted by molar-refractivity contribution is -0.151. The molecule has 0 aromatic heterocycles. The fraction of sp³-hybridized carbons (Fsp3) is 1.00. The molecule has 182 valence electrons. The van der Waals surface area contributed by atoms with Crippen molar-refractivity contribution >= 4 is 0 Å². The van der Waals surface area contributed by atoms with Gasteiger partial charge in [0.25, 0.3) is 0 Å². The van der Waals surface area contributed by atoms with Crippen molar-refractivity contribution < 1.29 is 55.5 Å². The van der Waals surface area contributed by atoms with Crippen LogP contribution in [0.2, 0.25) is 0 Å². The molecule has 30 heavy (non-hydrogen) atoms. The molecular weight excluding hydrogens is 426 g/mol. The van der Waals surface area contributed by atoms with Crippen LogP contribution in [-0.4, -0.2) is 88.6 Å². The van der Waals surface area contributed by atoms with Gasteiger partial charge in [0.05, 0.1) is 78.9 Å². The Bertz CT molecular complexity index is 408. The zero-order chi connectivity index (χ0) is 23.3. The fourth-order valence-corrected chi connectivity index (χ4v) is 2.03. The van der Waals surface area contributed by atoms with Gasteiger partial charge in [0, 0.05) is 10.8 Å². The largest absolute Gasteiger partial charge is 0.396 e. The number of aliphatic hydroxyl groups is 2. The molecule has 0 aliphatic rings. The van der Waals surface area contributed by atoms with Gasteiger partial charge in [0.15, 0.2) is 0 Å². The van der Waals surface area contributed by atoms with E-state index < -0.39 is 49.2 Å². The number of ether oxygens (including phenoxy) is 4. The first-order valence-electron chi connectivity index (χ1n) is 9.40. The number of aliphatic hydroxyl groups excluding tert-OH is 2. The Labute approximate surface area is 172 Å². The Hall–Kier alpha value is -0.660. The van der Waals surface area contributed by atoms with Crippen LogP contribution >= 0.6 is 0 Å². The van der Waals surface area contributed by atoms with Crippen molar-refractivity contribution in [3.63, 3.8) is 0 Å². The molecule has 0 heterocycles. The van der Waals surface area contributed by atoms with Crippen LogP contribution in [-0.2, 0) is 18.9 Å². The minimum Gasteiger partial charge on any atom is -0.396 e. The average Bonchev–Trinajstić information content (AvgIpc) is 2.64. The lowest BCUT2D eigenvalue weighted by Gasteiger charge is -2.28. The van der Waals surface area contributed by atoms with E-state index in [2.05, 4.69) is 0 Å². The molecule has 0 fully saturated rings. The Morgan fingerprint density at radius 3 is 1.03 bits per heavy atom. The molecule has 0 rings (SSSR count). The van der Waals surface area contributed by atoms with Crippen LogP contribution in [0.25, 0.3) is 0 Å². The highest BCUT2D eigenvalue weighted by atomic mass is 19.4. The Kier molecular flexibility index (Phi) is 13.4. The number of rotatable bonds is 17. The van der Waals surface area contributed by atoms with E-state index in [-0.39, 0.29) is 52.9 Å². The Morgan fingerprint density at radius 1 is 0.533 bits per heavy atom. The quantitative estimate of drug-likeness (QED) is 0.258. The normalized spacial score (nSPS) is 17.0. The summed E-state index contributed by atoms with van der Waals surface area (Å²) in [7, 11) is 0. The molecule has 0 aromatic rings. The van der Waals surface area contributed by atoms with Crippen LogP contribution in [0.4, 0.5) is 26.3 Å². The Morgan fingerprint density at radius 2 is 0.800 bits per heavy atom. The second-order valence-electron chi connectivity index (χ2n) is 7.88. The van der Waals surface area contributed by atoms with E-state index in [9.17, 15) is 36.6 Å². The number of hydrogen-bond acceptors (Lipinski definition) is 6. The van der Waals surface area contributed by atoms with Crippen molar-refractivity contribution in [2.45, 2.75) is 39.0 Å². The third-order valence-electron chi connectivity index (χ3n) is 4.00. The van der Waals surface area contributed by atoms with Gasteiger partial charge in [0.1, 0.15) is 0 Å². The van der Waals surface area contributed by atoms with Crippen molar-refractivity contribution in [3.05, 3.63) is 0 Å². The molecule has 0 aliphatic heterocycles. The number of hydrogen-bond donors (Lipinski definition) is 2. The van der Waals surface area contributed by atoms with Gasteiger partial charge in [-0.3, -0.25) is 0 Å². The minimum absolute atomic E-state index is 0.0245. The predicted octanol–water partition coefficient (Wildman–Crippen LogP) is 2.95. The summed E-state index contributed by atoms with van der Waals surface area (Å²) in [6.45, 7) is 1.52. The summed E-state index contributed by atoms with van der Waals surface area (Å²) >= 11 is 0. The SMILES string of the molecule is CC(CO)(COCCOCC(C)(CO)COCCC(F)(F)F)COCCC(F)(F)F. The van der Waals surface area contributed by atoms with Crippen LogP contribution < -0.4 is 0 Å². The van der Waals surface area contributed by atoms with E-state index in [1.165, 1.54) is 0 Å². The summed E-state index contributed by atoms with van der Waals surface area (Å²) in [5.74, 6) is 0. The van der Waals surface area contributed by atoms with Crippen molar-refractivity contribution in [2.75, 3.05) is 66.1 Å². The number of alkyl halides is 6. The van der Waals surface area contributed by atoms with Crippen molar-refractivity contribution in [1.29, 1.82) is 0 Å². The van der Waals surface area contributed by atoms with E-state index >= 15 is 0 Å². The maximum absolute atomic E-state index is 12.1. The summed E-state index contributed by atoms with van der Waals surface area (Å²) in [5.41, 5.74) is -1.75. The third kappa shape index (κ3) is 16.1. The van der Waals surface area contributed by atoms with Crippen LogP contribution in [0.15, 0.2) is 0 Å². The molecule has 2 N–H and O–H groups in total. The van der Waals surface area contributed by atoms with Gasteiger partial charge < -0.3 is 29.2 Å². The van der Waals surface area contributed by atoms with Gasteiger partial charge in [-0.15, -0.1) is 0 Å². The second kappa shape index (κ2) is 13.7. The predicted molar refractivity (Wildman–Crippen MR) is 95.0 cm³/mol. The average molecular weight is 458 g/mol. The molecule has 0 aliphatic carbocycles. The molecule has 0 aromatic carbocycles. The molecule has 0 saturated carbocycles. The lowest BCUT2D eigenvalue weighted by Crippen LogP contribution is -2.35. The summed E-state index contributed by atoms with van der Waals surface area (Å²) in [6, 6.07) is 0. The molecule has 2 atom stereocenters. The van der Waals surface area contributed by atoms with Crippen molar-refractivity contribution in [2.24, 2.45) is 10.8 Å². The molecule has 0 radical (unpaired) electrons. The maximum atomic E-state index is 12.1. The smallest absolute Gasteiger partial charge is 0.391 e. The van der Waals surface area contributed by atoms with E-state index in [1.807, 2.05) is 0 Å². The van der Waals surface area contributed by atoms with Crippen LogP contribution in [0.5, 0.6) is 0 Å². The first kappa shape index (κ1) is 29.3. The summed E-state index contributed by atoms with van der Waals surface area (Å²) in [4.78, 5) is 0. The first-order chi connectivity index (χ1) is 13.7. The summed E-state index contributed by atoms with van der Waals surface area (Å²) in [6.07, 6.45) is -10.8. The van der Waals surface area contributed by atoms with Gasteiger partial charge >= 0.3 is 12.4 Å².